The number of fused-ring (bicyclic) bond motifs is 2. The van der Waals surface area contributed by atoms with Crippen molar-refractivity contribution in [2.45, 2.75) is 19.3 Å². The molecule has 0 fully saturated rings. The maximum Gasteiger partial charge on any atom is 0.269 e. The first-order chi connectivity index (χ1) is 24.7. The molecule has 0 aliphatic carbocycles. The van der Waals surface area contributed by atoms with E-state index in [0.29, 0.717) is 45.5 Å². The molecule has 0 atom stereocenters. The van der Waals surface area contributed by atoms with Crippen LogP contribution in [0.2, 0.25) is 0 Å². The molecule has 6 aromatic carbocycles. The Labute approximate surface area is 294 Å². The summed E-state index contributed by atoms with van der Waals surface area (Å²) in [6, 6.07) is 43.0. The fourth-order valence-corrected chi connectivity index (χ4v) is 6.60. The van der Waals surface area contributed by atoms with Crippen molar-refractivity contribution in [3.05, 3.63) is 179 Å². The Kier molecular flexibility index (Phi) is 7.57. The first-order valence-corrected chi connectivity index (χ1v) is 16.4. The van der Waals surface area contributed by atoms with Gasteiger partial charge < -0.3 is 9.47 Å². The van der Waals surface area contributed by atoms with Crippen LogP contribution in [-0.2, 0) is 5.41 Å². The molecule has 51 heavy (non-hydrogen) atoms. The Morgan fingerprint density at radius 1 is 0.412 bits per heavy atom. The molecular weight excluding hydrogens is 640 g/mol. The number of ether oxygens (including phenoxy) is 2. The molecule has 0 spiro atoms. The molecule has 0 saturated heterocycles. The molecule has 8 rings (SSSR count). The number of carbonyl (C=O) groups is 4. The van der Waals surface area contributed by atoms with Crippen LogP contribution in [0.4, 0.5) is 11.4 Å². The average molecular weight is 671 g/mol. The Balaban J connectivity index is 0.987. The first kappa shape index (κ1) is 31.5. The van der Waals surface area contributed by atoms with Crippen LogP contribution in [0.15, 0.2) is 146 Å². The van der Waals surface area contributed by atoms with Gasteiger partial charge in [-0.05, 0) is 83.9 Å². The van der Waals surface area contributed by atoms with Crippen molar-refractivity contribution in [2.24, 2.45) is 0 Å². The molecule has 2 aliphatic rings. The minimum absolute atomic E-state index is 0.239. The molecule has 0 radical (unpaired) electrons. The highest BCUT2D eigenvalue weighted by Crippen LogP contribution is 2.39. The van der Waals surface area contributed by atoms with Gasteiger partial charge >= 0.3 is 0 Å². The quantitative estimate of drug-likeness (QED) is 0.150. The van der Waals surface area contributed by atoms with E-state index in [1.54, 1.807) is 84.9 Å². The standard InChI is InChI=1S/C43H30N2O6/c1-43(2,27-19-23-31(24-20-27)50-35-17-9-15-33-37(35)41(48)44(39(33)46)29-11-5-3-6-12-29)28-21-25-32(26-22-28)51-36-18-10-16-34-38(36)42(49)45(40(34)47)30-13-7-4-8-14-30/h3-26H,1-2H3. The van der Waals surface area contributed by atoms with Gasteiger partial charge in [0.25, 0.3) is 23.6 Å². The largest absolute Gasteiger partial charge is 0.457 e. The highest BCUT2D eigenvalue weighted by atomic mass is 16.5. The molecule has 2 heterocycles. The van der Waals surface area contributed by atoms with E-state index in [1.807, 2.05) is 60.7 Å². The summed E-state index contributed by atoms with van der Waals surface area (Å²) in [7, 11) is 0. The van der Waals surface area contributed by atoms with Crippen LogP contribution in [0.3, 0.4) is 0 Å². The van der Waals surface area contributed by atoms with Gasteiger partial charge in [0.15, 0.2) is 0 Å². The number of hydrogen-bond donors (Lipinski definition) is 0. The number of para-hydroxylation sites is 2. The van der Waals surface area contributed by atoms with Crippen LogP contribution < -0.4 is 19.3 Å². The van der Waals surface area contributed by atoms with Crippen molar-refractivity contribution in [2.75, 3.05) is 9.80 Å². The van der Waals surface area contributed by atoms with Crippen molar-refractivity contribution in [1.82, 2.24) is 0 Å². The number of amides is 4. The summed E-state index contributed by atoms with van der Waals surface area (Å²) >= 11 is 0. The van der Waals surface area contributed by atoms with E-state index in [1.165, 1.54) is 9.80 Å². The third-order valence-corrected chi connectivity index (χ3v) is 9.39. The molecule has 0 aromatic heterocycles. The summed E-state index contributed by atoms with van der Waals surface area (Å²) in [6.07, 6.45) is 0. The van der Waals surface area contributed by atoms with Crippen LogP contribution >= 0.6 is 0 Å². The molecule has 0 N–H and O–H groups in total. The predicted molar refractivity (Wildman–Crippen MR) is 193 cm³/mol. The Hall–Kier alpha value is -6.80. The van der Waals surface area contributed by atoms with E-state index >= 15 is 0 Å². The van der Waals surface area contributed by atoms with Crippen LogP contribution in [0.5, 0.6) is 23.0 Å². The second kappa shape index (κ2) is 12.3. The van der Waals surface area contributed by atoms with E-state index in [0.717, 1.165) is 11.1 Å². The van der Waals surface area contributed by atoms with Gasteiger partial charge in [-0.3, -0.25) is 19.2 Å². The summed E-state index contributed by atoms with van der Waals surface area (Å²) in [4.78, 5) is 55.5. The number of rotatable bonds is 8. The maximum absolute atomic E-state index is 13.4. The number of imide groups is 2. The van der Waals surface area contributed by atoms with Crippen molar-refractivity contribution in [3.8, 4) is 23.0 Å². The molecule has 6 aromatic rings. The van der Waals surface area contributed by atoms with Crippen molar-refractivity contribution in [3.63, 3.8) is 0 Å². The molecule has 8 heteroatoms. The van der Waals surface area contributed by atoms with Gasteiger partial charge in [-0.15, -0.1) is 0 Å². The van der Waals surface area contributed by atoms with Crippen molar-refractivity contribution >= 4 is 35.0 Å². The van der Waals surface area contributed by atoms with Gasteiger partial charge in [-0.25, -0.2) is 9.80 Å². The first-order valence-electron chi connectivity index (χ1n) is 16.4. The van der Waals surface area contributed by atoms with Crippen molar-refractivity contribution in [1.29, 1.82) is 0 Å². The molecule has 0 unspecified atom stereocenters. The smallest absolute Gasteiger partial charge is 0.269 e. The summed E-state index contributed by atoms with van der Waals surface area (Å²) in [5.41, 5.74) is 3.73. The van der Waals surface area contributed by atoms with Gasteiger partial charge in [0.05, 0.1) is 33.6 Å². The van der Waals surface area contributed by atoms with E-state index in [9.17, 15) is 19.2 Å². The summed E-state index contributed by atoms with van der Waals surface area (Å²) < 4.78 is 12.4. The Morgan fingerprint density at radius 2 is 0.784 bits per heavy atom. The maximum atomic E-state index is 13.4. The second-order valence-corrected chi connectivity index (χ2v) is 12.8. The molecule has 2 aliphatic heterocycles. The van der Waals surface area contributed by atoms with Gasteiger partial charge in [-0.1, -0.05) is 86.6 Å². The second-order valence-electron chi connectivity index (χ2n) is 12.8. The van der Waals surface area contributed by atoms with E-state index < -0.39 is 17.2 Å². The summed E-state index contributed by atoms with van der Waals surface area (Å²) in [5, 5.41) is 0. The van der Waals surface area contributed by atoms with Crippen LogP contribution in [0.25, 0.3) is 0 Å². The average Bonchev–Trinajstić information content (AvgIpc) is 3.57. The number of benzene rings is 6. The van der Waals surface area contributed by atoms with Crippen LogP contribution in [-0.4, -0.2) is 23.6 Å². The molecule has 4 amide bonds. The lowest BCUT2D eigenvalue weighted by Gasteiger charge is -2.26. The number of anilines is 2. The lowest BCUT2D eigenvalue weighted by molar-refractivity contribution is 0.0909. The van der Waals surface area contributed by atoms with Crippen LogP contribution in [0, 0.1) is 0 Å². The number of nitrogens with zero attached hydrogens (tertiary/aromatic N) is 2. The molecule has 0 saturated carbocycles. The lowest BCUT2D eigenvalue weighted by atomic mass is 9.78. The van der Waals surface area contributed by atoms with E-state index in [4.69, 9.17) is 9.47 Å². The fraction of sp³-hybridized carbons (Fsp3) is 0.0698. The third-order valence-electron chi connectivity index (χ3n) is 9.39. The van der Waals surface area contributed by atoms with Gasteiger partial charge in [0.2, 0.25) is 0 Å². The molecular formula is C43H30N2O6. The van der Waals surface area contributed by atoms with Crippen molar-refractivity contribution < 1.29 is 28.7 Å². The minimum atomic E-state index is -0.423. The third kappa shape index (κ3) is 5.34. The Bertz CT molecular complexity index is 2180. The highest BCUT2D eigenvalue weighted by Gasteiger charge is 2.40. The molecule has 0 bridgehead atoms. The van der Waals surface area contributed by atoms with E-state index in [2.05, 4.69) is 13.8 Å². The molecule has 8 nitrogen and oxygen atoms in total. The van der Waals surface area contributed by atoms with Gasteiger partial charge in [0, 0.05) is 5.41 Å². The lowest BCUT2D eigenvalue weighted by Crippen LogP contribution is -2.29. The van der Waals surface area contributed by atoms with Gasteiger partial charge in [0.1, 0.15) is 23.0 Å². The zero-order valence-corrected chi connectivity index (χ0v) is 27.7. The monoisotopic (exact) mass is 670 g/mol. The Morgan fingerprint density at radius 3 is 1.16 bits per heavy atom. The fourth-order valence-electron chi connectivity index (χ4n) is 6.60. The van der Waals surface area contributed by atoms with Crippen LogP contribution in [0.1, 0.15) is 66.4 Å². The highest BCUT2D eigenvalue weighted by molar-refractivity contribution is 6.36. The van der Waals surface area contributed by atoms with E-state index in [-0.39, 0.29) is 22.9 Å². The minimum Gasteiger partial charge on any atom is -0.457 e. The SMILES string of the molecule is CC(C)(c1ccc(Oc2cccc3c2C(=O)N(c2ccccc2)C3=O)cc1)c1ccc(Oc2cccc3c2C(=O)N(c2ccccc2)C3=O)cc1. The summed E-state index contributed by atoms with van der Waals surface area (Å²) in [5.74, 6) is 0.0707. The normalized spacial score (nSPS) is 13.8. The van der Waals surface area contributed by atoms with Gasteiger partial charge in [-0.2, -0.15) is 0 Å². The summed E-state index contributed by atoms with van der Waals surface area (Å²) in [6.45, 7) is 4.22. The molecule has 248 valence electrons. The zero-order chi connectivity index (χ0) is 35.3. The predicted octanol–water partition coefficient (Wildman–Crippen LogP) is 9.20. The zero-order valence-electron chi connectivity index (χ0n) is 27.7. The number of carbonyl (C=O) groups excluding carboxylic acids is 4. The number of hydrogen-bond acceptors (Lipinski definition) is 6. The topological polar surface area (TPSA) is 93.2 Å².